The summed E-state index contributed by atoms with van der Waals surface area (Å²) < 4.78 is 31.9. The van der Waals surface area contributed by atoms with Crippen LogP contribution in [0, 0.1) is 11.6 Å². The van der Waals surface area contributed by atoms with Gasteiger partial charge in [0.25, 0.3) is 0 Å². The first-order valence-corrected chi connectivity index (χ1v) is 7.45. The zero-order valence-electron chi connectivity index (χ0n) is 13.6. The van der Waals surface area contributed by atoms with Crippen molar-refractivity contribution in [2.75, 3.05) is 52.2 Å². The SMILES string of the molecule is COc1cc(F)c(NC(=O)NCC(=O)N2CCN(C)CC2)cc1F. The van der Waals surface area contributed by atoms with Gasteiger partial charge in [-0.05, 0) is 7.05 Å². The first kappa shape index (κ1) is 17.9. The second-order valence-corrected chi connectivity index (χ2v) is 5.46. The smallest absolute Gasteiger partial charge is 0.319 e. The predicted molar refractivity (Wildman–Crippen MR) is 84.0 cm³/mol. The highest BCUT2D eigenvalue weighted by molar-refractivity contribution is 5.92. The van der Waals surface area contributed by atoms with Gasteiger partial charge in [0.1, 0.15) is 0 Å². The van der Waals surface area contributed by atoms with Crippen LogP contribution < -0.4 is 15.4 Å². The Morgan fingerprint density at radius 1 is 1.17 bits per heavy atom. The van der Waals surface area contributed by atoms with Crippen molar-refractivity contribution in [3.63, 3.8) is 0 Å². The minimum absolute atomic E-state index is 0.212. The minimum atomic E-state index is -0.839. The summed E-state index contributed by atoms with van der Waals surface area (Å²) in [5.41, 5.74) is -0.335. The summed E-state index contributed by atoms with van der Waals surface area (Å²) >= 11 is 0. The second kappa shape index (κ2) is 7.91. The van der Waals surface area contributed by atoms with E-state index < -0.39 is 17.7 Å². The molecule has 1 heterocycles. The molecule has 0 atom stereocenters. The maximum atomic E-state index is 13.7. The molecule has 1 saturated heterocycles. The molecule has 0 radical (unpaired) electrons. The molecule has 0 saturated carbocycles. The van der Waals surface area contributed by atoms with Gasteiger partial charge in [-0.3, -0.25) is 4.79 Å². The van der Waals surface area contributed by atoms with Gasteiger partial charge in [-0.1, -0.05) is 0 Å². The Morgan fingerprint density at radius 3 is 2.46 bits per heavy atom. The molecule has 0 unspecified atom stereocenters. The Balaban J connectivity index is 1.85. The van der Waals surface area contributed by atoms with E-state index in [1.165, 1.54) is 7.11 Å². The highest BCUT2D eigenvalue weighted by atomic mass is 19.1. The molecule has 9 heteroatoms. The number of carbonyl (C=O) groups excluding carboxylic acids is 2. The molecule has 7 nitrogen and oxygen atoms in total. The van der Waals surface area contributed by atoms with Gasteiger partial charge in [0.15, 0.2) is 17.4 Å². The summed E-state index contributed by atoms with van der Waals surface area (Å²) in [6.45, 7) is 2.52. The number of anilines is 1. The van der Waals surface area contributed by atoms with E-state index in [4.69, 9.17) is 0 Å². The largest absolute Gasteiger partial charge is 0.494 e. The highest BCUT2D eigenvalue weighted by Gasteiger charge is 2.19. The number of likely N-dealkylation sites (N-methyl/N-ethyl adjacent to an activating group) is 1. The molecule has 1 aliphatic heterocycles. The first-order valence-electron chi connectivity index (χ1n) is 7.45. The van der Waals surface area contributed by atoms with Crippen molar-refractivity contribution in [2.24, 2.45) is 0 Å². The third-order valence-corrected chi connectivity index (χ3v) is 3.75. The number of hydrogen-bond acceptors (Lipinski definition) is 4. The number of hydrogen-bond donors (Lipinski definition) is 2. The number of nitrogens with zero attached hydrogens (tertiary/aromatic N) is 2. The predicted octanol–water partition coefficient (Wildman–Crippen LogP) is 0.869. The fraction of sp³-hybridized carbons (Fsp3) is 0.467. The monoisotopic (exact) mass is 342 g/mol. The van der Waals surface area contributed by atoms with Gasteiger partial charge >= 0.3 is 6.03 Å². The normalized spacial score (nSPS) is 15.1. The van der Waals surface area contributed by atoms with Crippen LogP contribution in [0.25, 0.3) is 0 Å². The van der Waals surface area contributed by atoms with Crippen LogP contribution in [0.5, 0.6) is 5.75 Å². The fourth-order valence-corrected chi connectivity index (χ4v) is 2.27. The standard InChI is InChI=1S/C15H20F2N4O3/c1-20-3-5-21(6-4-20)14(22)9-18-15(23)19-12-7-11(17)13(24-2)8-10(12)16/h7-8H,3-6,9H2,1-2H3,(H2,18,19,23). The molecular formula is C15H20F2N4O3. The summed E-state index contributed by atoms with van der Waals surface area (Å²) in [4.78, 5) is 27.5. The molecule has 1 aromatic rings. The summed E-state index contributed by atoms with van der Waals surface area (Å²) in [5.74, 6) is -2.13. The van der Waals surface area contributed by atoms with Gasteiger partial charge in [-0.2, -0.15) is 0 Å². The van der Waals surface area contributed by atoms with Gasteiger partial charge in [-0.15, -0.1) is 0 Å². The number of methoxy groups -OCH3 is 1. The van der Waals surface area contributed by atoms with Crippen LogP contribution in [0.15, 0.2) is 12.1 Å². The second-order valence-electron chi connectivity index (χ2n) is 5.46. The molecule has 1 fully saturated rings. The highest BCUT2D eigenvalue weighted by Crippen LogP contribution is 2.24. The summed E-state index contributed by atoms with van der Waals surface area (Å²) in [7, 11) is 3.18. The van der Waals surface area contributed by atoms with Gasteiger partial charge in [0, 0.05) is 38.3 Å². The van der Waals surface area contributed by atoms with E-state index in [0.717, 1.165) is 25.2 Å². The molecule has 0 bridgehead atoms. The summed E-state index contributed by atoms with van der Waals surface area (Å²) in [6.07, 6.45) is 0. The van der Waals surface area contributed by atoms with Crippen molar-refractivity contribution in [1.29, 1.82) is 0 Å². The van der Waals surface area contributed by atoms with Crippen LogP contribution in [0.4, 0.5) is 19.3 Å². The molecule has 0 aliphatic carbocycles. The average molecular weight is 342 g/mol. The minimum Gasteiger partial charge on any atom is -0.494 e. The lowest BCUT2D eigenvalue weighted by molar-refractivity contribution is -0.131. The third kappa shape index (κ3) is 4.54. The van der Waals surface area contributed by atoms with Crippen molar-refractivity contribution >= 4 is 17.6 Å². The number of nitrogens with one attached hydrogen (secondary N) is 2. The molecule has 0 spiro atoms. The zero-order chi connectivity index (χ0) is 17.7. The molecule has 2 rings (SSSR count). The molecule has 0 aromatic heterocycles. The number of urea groups is 1. The lowest BCUT2D eigenvalue weighted by atomic mass is 10.2. The average Bonchev–Trinajstić information content (AvgIpc) is 2.56. The quantitative estimate of drug-likeness (QED) is 0.852. The topological polar surface area (TPSA) is 73.9 Å². The zero-order valence-corrected chi connectivity index (χ0v) is 13.6. The maximum Gasteiger partial charge on any atom is 0.319 e. The van der Waals surface area contributed by atoms with E-state index in [0.29, 0.717) is 13.1 Å². The molecule has 3 amide bonds. The van der Waals surface area contributed by atoms with Crippen LogP contribution >= 0.6 is 0 Å². The number of ether oxygens (including phenoxy) is 1. The van der Waals surface area contributed by atoms with Crippen LogP contribution in [0.1, 0.15) is 0 Å². The lowest BCUT2D eigenvalue weighted by Crippen LogP contribution is -2.50. The van der Waals surface area contributed by atoms with Crippen LogP contribution in [0.3, 0.4) is 0 Å². The Kier molecular flexibility index (Phi) is 5.91. The first-order chi connectivity index (χ1) is 11.4. The Hall–Kier alpha value is -2.42. The molecule has 1 aromatic carbocycles. The Labute approximate surface area is 138 Å². The van der Waals surface area contributed by atoms with Gasteiger partial charge in [-0.25, -0.2) is 13.6 Å². The van der Waals surface area contributed by atoms with Crippen molar-refractivity contribution < 1.29 is 23.1 Å². The van der Waals surface area contributed by atoms with E-state index in [1.54, 1.807) is 4.90 Å². The molecular weight excluding hydrogens is 322 g/mol. The summed E-state index contributed by atoms with van der Waals surface area (Å²) in [5, 5.41) is 4.51. The van der Waals surface area contributed by atoms with Crippen molar-refractivity contribution in [1.82, 2.24) is 15.1 Å². The maximum absolute atomic E-state index is 13.7. The van der Waals surface area contributed by atoms with Crippen molar-refractivity contribution in [3.05, 3.63) is 23.8 Å². The number of rotatable bonds is 4. The molecule has 1 aliphatic rings. The van der Waals surface area contributed by atoms with E-state index in [2.05, 4.69) is 20.3 Å². The van der Waals surface area contributed by atoms with E-state index in [1.807, 2.05) is 7.05 Å². The van der Waals surface area contributed by atoms with Gasteiger partial charge in [0.2, 0.25) is 5.91 Å². The molecule has 24 heavy (non-hydrogen) atoms. The fourth-order valence-electron chi connectivity index (χ4n) is 2.27. The third-order valence-electron chi connectivity index (χ3n) is 3.75. The van der Waals surface area contributed by atoms with E-state index in [-0.39, 0.29) is 23.9 Å². The van der Waals surface area contributed by atoms with Crippen molar-refractivity contribution in [3.8, 4) is 5.75 Å². The van der Waals surface area contributed by atoms with E-state index >= 15 is 0 Å². The number of piperazine rings is 1. The number of carbonyl (C=O) groups is 2. The lowest BCUT2D eigenvalue weighted by Gasteiger charge is -2.32. The van der Waals surface area contributed by atoms with Crippen LogP contribution in [-0.4, -0.2) is 68.6 Å². The summed E-state index contributed by atoms with van der Waals surface area (Å²) in [6, 6.07) is 0.858. The van der Waals surface area contributed by atoms with Crippen LogP contribution in [0.2, 0.25) is 0 Å². The van der Waals surface area contributed by atoms with Gasteiger partial charge in [0.05, 0.1) is 19.3 Å². The number of halogens is 2. The molecule has 2 N–H and O–H groups in total. The number of benzene rings is 1. The van der Waals surface area contributed by atoms with E-state index in [9.17, 15) is 18.4 Å². The van der Waals surface area contributed by atoms with Crippen molar-refractivity contribution in [2.45, 2.75) is 0 Å². The molecule has 132 valence electrons. The van der Waals surface area contributed by atoms with Gasteiger partial charge < -0.3 is 25.2 Å². The Bertz CT molecular complexity index is 619. The Morgan fingerprint density at radius 2 is 1.83 bits per heavy atom. The van der Waals surface area contributed by atoms with Crippen LogP contribution in [-0.2, 0) is 4.79 Å². The number of amides is 3.